The zero-order chi connectivity index (χ0) is 18.4. The van der Waals surface area contributed by atoms with E-state index >= 15 is 0 Å². The molecule has 2 N–H and O–H groups in total. The Labute approximate surface area is 151 Å². The maximum absolute atomic E-state index is 13.6. The molecule has 134 valence electrons. The van der Waals surface area contributed by atoms with Gasteiger partial charge in [-0.05, 0) is 36.2 Å². The van der Waals surface area contributed by atoms with Crippen molar-refractivity contribution in [1.29, 1.82) is 0 Å². The summed E-state index contributed by atoms with van der Waals surface area (Å²) in [5.74, 6) is -0.0621. The molecule has 0 saturated heterocycles. The molecule has 26 heavy (non-hydrogen) atoms. The Hall–Kier alpha value is -3.00. The number of benzene rings is 2. The molecule has 0 atom stereocenters. The quantitative estimate of drug-likeness (QED) is 0.664. The highest BCUT2D eigenvalue weighted by atomic mass is 32.2. The number of halogens is 1. The summed E-state index contributed by atoms with van der Waals surface area (Å²) >= 11 is 0. The van der Waals surface area contributed by atoms with Crippen LogP contribution in [0.3, 0.4) is 0 Å². The van der Waals surface area contributed by atoms with E-state index in [4.69, 9.17) is 0 Å². The van der Waals surface area contributed by atoms with E-state index in [2.05, 4.69) is 20.2 Å². The Balaban J connectivity index is 1.60. The van der Waals surface area contributed by atoms with Gasteiger partial charge in [0.25, 0.3) is 0 Å². The normalized spacial score (nSPS) is 11.1. The predicted octanol–water partition coefficient (Wildman–Crippen LogP) is 3.34. The number of nitrogens with zero attached hydrogens (tertiary/aromatic N) is 2. The fourth-order valence-electron chi connectivity index (χ4n) is 2.26. The first kappa shape index (κ1) is 17.8. The van der Waals surface area contributed by atoms with Crippen molar-refractivity contribution >= 4 is 27.3 Å². The molecule has 0 spiro atoms. The third kappa shape index (κ3) is 5.00. The molecule has 0 saturated carbocycles. The Bertz CT molecular complexity index is 964. The number of hydrogen-bond acceptors (Lipinski definition) is 5. The smallest absolute Gasteiger partial charge is 0.234 e. The predicted molar refractivity (Wildman–Crippen MR) is 99.3 cm³/mol. The fourth-order valence-corrected chi connectivity index (χ4v) is 3.30. The fraction of sp³-hybridized carbons (Fsp3) is 0.111. The average Bonchev–Trinajstić information content (AvgIpc) is 2.64. The second-order valence-electron chi connectivity index (χ2n) is 5.57. The van der Waals surface area contributed by atoms with Crippen LogP contribution >= 0.6 is 0 Å². The highest BCUT2D eigenvalue weighted by molar-refractivity contribution is 7.92. The van der Waals surface area contributed by atoms with Crippen LogP contribution in [0.25, 0.3) is 0 Å². The molecule has 0 aliphatic rings. The van der Waals surface area contributed by atoms with Crippen molar-refractivity contribution in [2.45, 2.75) is 6.42 Å². The molecule has 6 nitrogen and oxygen atoms in total. The van der Waals surface area contributed by atoms with E-state index in [-0.39, 0.29) is 17.3 Å². The first-order valence-corrected chi connectivity index (χ1v) is 9.57. The number of nitrogens with one attached hydrogen (secondary N) is 2. The van der Waals surface area contributed by atoms with Gasteiger partial charge in [-0.3, -0.25) is 4.72 Å². The monoisotopic (exact) mass is 372 g/mol. The van der Waals surface area contributed by atoms with Gasteiger partial charge < -0.3 is 5.32 Å². The van der Waals surface area contributed by atoms with Crippen LogP contribution in [0.4, 0.5) is 21.7 Å². The zero-order valence-electron chi connectivity index (χ0n) is 13.8. The highest BCUT2D eigenvalue weighted by Crippen LogP contribution is 2.18. The largest absolute Gasteiger partial charge is 0.336 e. The van der Waals surface area contributed by atoms with Crippen LogP contribution in [0, 0.1) is 5.82 Å². The zero-order valence-corrected chi connectivity index (χ0v) is 14.6. The van der Waals surface area contributed by atoms with E-state index in [9.17, 15) is 12.8 Å². The van der Waals surface area contributed by atoms with Crippen LogP contribution in [0.1, 0.15) is 5.56 Å². The lowest BCUT2D eigenvalue weighted by Gasteiger charge is -2.09. The molecule has 3 aromatic rings. The summed E-state index contributed by atoms with van der Waals surface area (Å²) in [6.45, 7) is 0. The third-order valence-corrected chi connectivity index (χ3v) is 4.83. The molecule has 0 bridgehead atoms. The Kier molecular flexibility index (Phi) is 5.43. The first-order chi connectivity index (χ1) is 12.5. The first-order valence-electron chi connectivity index (χ1n) is 7.91. The molecule has 0 amide bonds. The van der Waals surface area contributed by atoms with Gasteiger partial charge in [0.2, 0.25) is 10.0 Å². The summed E-state index contributed by atoms with van der Waals surface area (Å²) in [5, 5.41) is 10.5. The number of anilines is 3. The molecule has 0 radical (unpaired) electrons. The van der Waals surface area contributed by atoms with E-state index in [0.717, 1.165) is 5.56 Å². The summed E-state index contributed by atoms with van der Waals surface area (Å²) in [7, 11) is -3.54. The topological polar surface area (TPSA) is 84.0 Å². The van der Waals surface area contributed by atoms with Gasteiger partial charge in [0.15, 0.2) is 11.6 Å². The van der Waals surface area contributed by atoms with Gasteiger partial charge in [-0.15, -0.1) is 10.2 Å². The van der Waals surface area contributed by atoms with Gasteiger partial charge >= 0.3 is 0 Å². The van der Waals surface area contributed by atoms with Crippen LogP contribution in [-0.2, 0) is 16.4 Å². The van der Waals surface area contributed by atoms with Gasteiger partial charge in [0, 0.05) is 0 Å². The second-order valence-corrected chi connectivity index (χ2v) is 7.41. The summed E-state index contributed by atoms with van der Waals surface area (Å²) < 4.78 is 40.3. The Morgan fingerprint density at radius 3 is 2.19 bits per heavy atom. The SMILES string of the molecule is O=S(=O)(CCc1ccccc1)Nc1ccc(Nc2ccccc2F)nn1. The third-order valence-electron chi connectivity index (χ3n) is 3.56. The summed E-state index contributed by atoms with van der Waals surface area (Å²) in [5.41, 5.74) is 1.20. The molecular weight excluding hydrogens is 355 g/mol. The lowest BCUT2D eigenvalue weighted by molar-refractivity contribution is 0.600. The highest BCUT2D eigenvalue weighted by Gasteiger charge is 2.12. The number of aromatic nitrogens is 2. The summed E-state index contributed by atoms with van der Waals surface area (Å²) in [6.07, 6.45) is 0.399. The molecule has 2 aromatic carbocycles. The van der Waals surface area contributed by atoms with Crippen molar-refractivity contribution in [3.05, 3.63) is 78.1 Å². The van der Waals surface area contributed by atoms with Crippen LogP contribution in [-0.4, -0.2) is 24.4 Å². The minimum Gasteiger partial charge on any atom is -0.336 e. The number of aryl methyl sites for hydroxylation is 1. The van der Waals surface area contributed by atoms with Gasteiger partial charge in [-0.2, -0.15) is 0 Å². The van der Waals surface area contributed by atoms with Crippen molar-refractivity contribution in [3.8, 4) is 0 Å². The van der Waals surface area contributed by atoms with Gasteiger partial charge in [-0.25, -0.2) is 12.8 Å². The van der Waals surface area contributed by atoms with Crippen molar-refractivity contribution in [1.82, 2.24) is 10.2 Å². The molecule has 1 aromatic heterocycles. The lowest BCUT2D eigenvalue weighted by Crippen LogP contribution is -2.19. The summed E-state index contributed by atoms with van der Waals surface area (Å²) in [6, 6.07) is 18.5. The van der Waals surface area contributed by atoms with E-state index < -0.39 is 15.8 Å². The molecule has 0 aliphatic carbocycles. The molecule has 3 rings (SSSR count). The summed E-state index contributed by atoms with van der Waals surface area (Å²) in [4.78, 5) is 0. The van der Waals surface area contributed by atoms with Gasteiger partial charge in [-0.1, -0.05) is 42.5 Å². The second kappa shape index (κ2) is 7.92. The molecule has 0 fully saturated rings. The minimum atomic E-state index is -3.54. The average molecular weight is 372 g/mol. The molecular formula is C18H17FN4O2S. The van der Waals surface area contributed by atoms with Crippen LogP contribution in [0.15, 0.2) is 66.7 Å². The van der Waals surface area contributed by atoms with Crippen molar-refractivity contribution in [2.24, 2.45) is 0 Å². The number of hydrogen-bond donors (Lipinski definition) is 2. The Morgan fingerprint density at radius 2 is 1.50 bits per heavy atom. The van der Waals surface area contributed by atoms with Crippen LogP contribution in [0.5, 0.6) is 0 Å². The lowest BCUT2D eigenvalue weighted by atomic mass is 10.2. The number of rotatable bonds is 7. The van der Waals surface area contributed by atoms with Crippen LogP contribution in [0.2, 0.25) is 0 Å². The van der Waals surface area contributed by atoms with E-state index in [0.29, 0.717) is 12.2 Å². The standard InChI is InChI=1S/C18H17FN4O2S/c19-15-8-4-5-9-16(15)20-17-10-11-18(22-21-17)23-26(24,25)13-12-14-6-2-1-3-7-14/h1-11H,12-13H2,(H,20,21)(H,22,23). The van der Waals surface area contributed by atoms with Crippen molar-refractivity contribution < 1.29 is 12.8 Å². The number of sulfonamides is 1. The van der Waals surface area contributed by atoms with Gasteiger partial charge in [0.05, 0.1) is 11.4 Å². The minimum absolute atomic E-state index is 0.0616. The maximum Gasteiger partial charge on any atom is 0.234 e. The van der Waals surface area contributed by atoms with E-state index in [1.165, 1.54) is 18.2 Å². The van der Waals surface area contributed by atoms with Crippen LogP contribution < -0.4 is 10.0 Å². The van der Waals surface area contributed by atoms with E-state index in [1.54, 1.807) is 18.2 Å². The maximum atomic E-state index is 13.6. The molecule has 1 heterocycles. The molecule has 8 heteroatoms. The van der Waals surface area contributed by atoms with Crippen molar-refractivity contribution in [2.75, 3.05) is 15.8 Å². The Morgan fingerprint density at radius 1 is 0.846 bits per heavy atom. The molecule has 0 aliphatic heterocycles. The van der Waals surface area contributed by atoms with E-state index in [1.807, 2.05) is 30.3 Å². The van der Waals surface area contributed by atoms with Crippen molar-refractivity contribution in [3.63, 3.8) is 0 Å². The molecule has 0 unspecified atom stereocenters. The van der Waals surface area contributed by atoms with Gasteiger partial charge in [0.1, 0.15) is 5.82 Å². The number of para-hydroxylation sites is 1.